The van der Waals surface area contributed by atoms with Gasteiger partial charge in [0.25, 0.3) is 0 Å². The fourth-order valence-corrected chi connectivity index (χ4v) is 2.21. The molecule has 0 amide bonds. The summed E-state index contributed by atoms with van der Waals surface area (Å²) >= 11 is 0. The second kappa shape index (κ2) is 8.24. The fourth-order valence-electron chi connectivity index (χ4n) is 2.21. The van der Waals surface area contributed by atoms with Gasteiger partial charge in [0.15, 0.2) is 5.82 Å². The van der Waals surface area contributed by atoms with Crippen LogP contribution in [0.4, 0.5) is 47.0 Å². The topological polar surface area (TPSA) is 83.0 Å². The summed E-state index contributed by atoms with van der Waals surface area (Å²) < 4.78 is 112. The Balaban J connectivity index is 2.52. The predicted octanol–water partition coefficient (Wildman–Crippen LogP) is 3.77. The van der Waals surface area contributed by atoms with Gasteiger partial charge in [-0.25, -0.2) is 8.78 Å². The van der Waals surface area contributed by atoms with E-state index in [1.54, 1.807) is 0 Å². The highest BCUT2D eigenvalue weighted by Gasteiger charge is 2.39. The zero-order valence-electron chi connectivity index (χ0n) is 16.0. The summed E-state index contributed by atoms with van der Waals surface area (Å²) in [6.45, 7) is 1.37. The van der Waals surface area contributed by atoms with Gasteiger partial charge in [-0.1, -0.05) is 0 Å². The van der Waals surface area contributed by atoms with Gasteiger partial charge >= 0.3 is 12.4 Å². The number of aromatic nitrogens is 3. The number of allylic oxidation sites excluding steroid dienone is 1. The molecule has 1 aromatic rings. The summed E-state index contributed by atoms with van der Waals surface area (Å²) in [6, 6.07) is -4.46. The molecular weight excluding hydrogens is 418 g/mol. The van der Waals surface area contributed by atoms with E-state index in [-0.39, 0.29) is 0 Å². The molecule has 6 nitrogen and oxygen atoms in total. The summed E-state index contributed by atoms with van der Waals surface area (Å²) in [6.07, 6.45) is -16.1. The van der Waals surface area contributed by atoms with Crippen molar-refractivity contribution in [2.45, 2.75) is 63.4 Å². The van der Waals surface area contributed by atoms with Crippen LogP contribution in [0.15, 0.2) is 5.83 Å². The highest BCUT2D eigenvalue weighted by molar-refractivity contribution is 5.65. The fraction of sp³-hybridized carbons (Fsp3) is 0.667. The molecule has 0 fully saturated rings. The molecule has 1 aliphatic carbocycles. The van der Waals surface area contributed by atoms with Gasteiger partial charge in [-0.3, -0.25) is 0 Å². The van der Waals surface area contributed by atoms with E-state index in [1.165, 1.54) is 0 Å². The van der Waals surface area contributed by atoms with Crippen LogP contribution in [0, 0.1) is 0 Å². The number of alkyl halides is 7. The molecule has 1 unspecified atom stereocenters. The number of aliphatic hydroxyl groups is 1. The Labute approximate surface area is 160 Å². The van der Waals surface area contributed by atoms with Gasteiger partial charge in [0.1, 0.15) is 30.2 Å². The molecule has 1 heterocycles. The van der Waals surface area contributed by atoms with Gasteiger partial charge < -0.3 is 15.7 Å². The summed E-state index contributed by atoms with van der Waals surface area (Å²) in [5, 5.41) is 13.3. The molecular formula is C15H17F8N5O. The first-order valence-corrected chi connectivity index (χ1v) is 8.22. The highest BCUT2D eigenvalue weighted by atomic mass is 19.4. The van der Waals surface area contributed by atoms with Crippen molar-refractivity contribution in [3.63, 3.8) is 0 Å². The molecule has 164 valence electrons. The predicted molar refractivity (Wildman–Crippen MR) is 86.3 cm³/mol. The molecule has 0 spiro atoms. The van der Waals surface area contributed by atoms with Gasteiger partial charge in [0, 0.05) is 5.57 Å². The number of anilines is 2. The van der Waals surface area contributed by atoms with Gasteiger partial charge in [-0.05, 0) is 26.7 Å². The second-order valence-corrected chi connectivity index (χ2v) is 6.31. The molecule has 0 saturated carbocycles. The molecule has 14 heteroatoms. The second-order valence-electron chi connectivity index (χ2n) is 6.31. The van der Waals surface area contributed by atoms with Crippen molar-refractivity contribution in [3.05, 3.63) is 11.7 Å². The standard InChI is InChI=1S/C15H17F8N5O/c1-5(14(18,19)20)24-12-26-11(7-3-4-8(16)10(29)9(7)17)27-13(28-12)25-6(2)15(21,22)23/h5-6,8,10,29H,3-4H2,1-2H3,(H2,24,25,26,27,28)/t5-,6?,8+,10-/m1/s1/i10D. The van der Waals surface area contributed by atoms with Crippen LogP contribution in [-0.2, 0) is 0 Å². The third kappa shape index (κ3) is 5.64. The zero-order chi connectivity index (χ0) is 23.1. The van der Waals surface area contributed by atoms with Crippen LogP contribution < -0.4 is 10.6 Å². The van der Waals surface area contributed by atoms with E-state index in [1.807, 2.05) is 10.6 Å². The number of rotatable bonds is 5. The molecule has 0 saturated heterocycles. The molecule has 29 heavy (non-hydrogen) atoms. The average Bonchev–Trinajstić information content (AvgIpc) is 2.58. The average molecular weight is 436 g/mol. The Hall–Kier alpha value is -2.25. The molecule has 3 N–H and O–H groups in total. The van der Waals surface area contributed by atoms with Crippen molar-refractivity contribution in [2.24, 2.45) is 0 Å². The number of nitrogens with one attached hydrogen (secondary N) is 2. The Morgan fingerprint density at radius 3 is 1.86 bits per heavy atom. The lowest BCUT2D eigenvalue weighted by atomic mass is 9.94. The first-order valence-electron chi connectivity index (χ1n) is 8.72. The van der Waals surface area contributed by atoms with Crippen LogP contribution in [0.25, 0.3) is 5.57 Å². The van der Waals surface area contributed by atoms with Gasteiger partial charge in [-0.2, -0.15) is 41.3 Å². The molecule has 0 bridgehead atoms. The van der Waals surface area contributed by atoms with Gasteiger partial charge in [-0.15, -0.1) is 0 Å². The Morgan fingerprint density at radius 2 is 1.45 bits per heavy atom. The van der Waals surface area contributed by atoms with E-state index in [9.17, 15) is 40.2 Å². The molecule has 4 atom stereocenters. The van der Waals surface area contributed by atoms with Crippen LogP contribution in [-0.4, -0.2) is 56.7 Å². The lowest BCUT2D eigenvalue weighted by Gasteiger charge is -2.24. The van der Waals surface area contributed by atoms with Crippen LogP contribution in [0.1, 0.15) is 33.9 Å². The molecule has 0 aliphatic heterocycles. The van der Waals surface area contributed by atoms with E-state index >= 15 is 0 Å². The first kappa shape index (κ1) is 21.5. The number of halogens is 8. The molecule has 1 aromatic heterocycles. The van der Waals surface area contributed by atoms with Crippen molar-refractivity contribution in [1.29, 1.82) is 0 Å². The minimum absolute atomic E-state index is 0.458. The van der Waals surface area contributed by atoms with E-state index < -0.39 is 78.7 Å². The zero-order valence-corrected chi connectivity index (χ0v) is 15.0. The van der Waals surface area contributed by atoms with Gasteiger partial charge in [0.05, 0.1) is 1.37 Å². The summed E-state index contributed by atoms with van der Waals surface area (Å²) in [7, 11) is 0. The SMILES string of the molecule is [2H][C@]1(O)C(F)=C(c2nc(NC(C)C(F)(F)F)nc(N[C@H](C)C(F)(F)F)n2)CC[C@@H]1F. The Morgan fingerprint density at radius 1 is 1.00 bits per heavy atom. The van der Waals surface area contributed by atoms with Crippen molar-refractivity contribution in [3.8, 4) is 0 Å². The van der Waals surface area contributed by atoms with Crippen molar-refractivity contribution in [1.82, 2.24) is 15.0 Å². The minimum Gasteiger partial charge on any atom is -0.383 e. The van der Waals surface area contributed by atoms with Crippen LogP contribution in [0.2, 0.25) is 0 Å². The summed E-state index contributed by atoms with van der Waals surface area (Å²) in [5.74, 6) is -4.11. The summed E-state index contributed by atoms with van der Waals surface area (Å²) in [5.41, 5.74) is -0.630. The van der Waals surface area contributed by atoms with E-state index in [0.29, 0.717) is 13.8 Å². The number of hydrogen-bond donors (Lipinski definition) is 3. The lowest BCUT2D eigenvalue weighted by molar-refractivity contribution is -0.139. The van der Waals surface area contributed by atoms with E-state index in [2.05, 4.69) is 15.0 Å². The van der Waals surface area contributed by atoms with Crippen LogP contribution >= 0.6 is 0 Å². The normalized spacial score (nSPS) is 26.0. The van der Waals surface area contributed by atoms with Crippen LogP contribution in [0.3, 0.4) is 0 Å². The summed E-state index contributed by atoms with van der Waals surface area (Å²) in [4.78, 5) is 10.5. The highest BCUT2D eigenvalue weighted by Crippen LogP contribution is 2.34. The monoisotopic (exact) mass is 436 g/mol. The quantitative estimate of drug-likeness (QED) is 0.610. The largest absolute Gasteiger partial charge is 0.408 e. The van der Waals surface area contributed by atoms with Crippen molar-refractivity contribution in [2.75, 3.05) is 10.6 Å². The van der Waals surface area contributed by atoms with E-state index in [4.69, 9.17) is 1.37 Å². The minimum atomic E-state index is -4.77. The van der Waals surface area contributed by atoms with Crippen LogP contribution in [0.5, 0.6) is 0 Å². The number of hydrogen-bond acceptors (Lipinski definition) is 6. The molecule has 1 aliphatic rings. The molecule has 0 radical (unpaired) electrons. The first-order chi connectivity index (χ1) is 13.5. The third-order valence-electron chi connectivity index (χ3n) is 4.01. The molecule has 0 aromatic carbocycles. The third-order valence-corrected chi connectivity index (χ3v) is 4.01. The number of nitrogens with zero attached hydrogens (tertiary/aromatic N) is 3. The lowest BCUT2D eigenvalue weighted by Crippen LogP contribution is -2.35. The maximum Gasteiger partial charge on any atom is 0.408 e. The Bertz CT molecular complexity index is 773. The van der Waals surface area contributed by atoms with E-state index in [0.717, 1.165) is 0 Å². The smallest absolute Gasteiger partial charge is 0.383 e. The maximum absolute atomic E-state index is 14.4. The van der Waals surface area contributed by atoms with Gasteiger partial charge in [0.2, 0.25) is 11.9 Å². The van der Waals surface area contributed by atoms with Crippen molar-refractivity contribution >= 4 is 17.5 Å². The molecule has 2 rings (SSSR count). The Kier molecular flexibility index (Phi) is 6.10. The van der Waals surface area contributed by atoms with Crippen molar-refractivity contribution < 1.29 is 41.6 Å². The maximum atomic E-state index is 14.4.